The molecule has 0 saturated carbocycles. The number of aryl methyl sites for hydroxylation is 1. The van der Waals surface area contributed by atoms with Gasteiger partial charge in [-0.25, -0.2) is 5.48 Å². The SMILES string of the molecule is CC(NC(=O)c1cc2oc(-c3ccc(C(F)(F)F)cc3)cc2n1C)c1cccc(C(=O)NO)c1. The number of carbonyl (C=O) groups excluding carboxylic acids is 2. The lowest BCUT2D eigenvalue weighted by atomic mass is 10.0. The molecule has 0 spiro atoms. The number of fused-ring (bicyclic) bond motifs is 1. The minimum Gasteiger partial charge on any atom is -0.454 e. The third kappa shape index (κ3) is 4.40. The van der Waals surface area contributed by atoms with Crippen LogP contribution in [0.1, 0.15) is 44.9 Å². The topological polar surface area (TPSA) is 96.5 Å². The molecule has 2 aromatic heterocycles. The maximum absolute atomic E-state index is 12.9. The van der Waals surface area contributed by atoms with Crippen LogP contribution in [0.3, 0.4) is 0 Å². The molecule has 4 aromatic rings. The van der Waals surface area contributed by atoms with E-state index in [0.717, 1.165) is 12.1 Å². The summed E-state index contributed by atoms with van der Waals surface area (Å²) in [5, 5.41) is 11.7. The number of nitrogens with one attached hydrogen (secondary N) is 2. The van der Waals surface area contributed by atoms with Crippen molar-refractivity contribution in [1.29, 1.82) is 0 Å². The zero-order valence-electron chi connectivity index (χ0n) is 18.1. The first-order valence-electron chi connectivity index (χ1n) is 10.2. The molecule has 2 aromatic carbocycles. The van der Waals surface area contributed by atoms with E-state index in [4.69, 9.17) is 9.62 Å². The van der Waals surface area contributed by atoms with E-state index in [-0.39, 0.29) is 11.5 Å². The van der Waals surface area contributed by atoms with Crippen LogP contribution in [0.4, 0.5) is 13.2 Å². The molecule has 3 N–H and O–H groups in total. The van der Waals surface area contributed by atoms with Gasteiger partial charge in [0.15, 0.2) is 5.58 Å². The van der Waals surface area contributed by atoms with Crippen LogP contribution < -0.4 is 10.8 Å². The molecule has 0 aliphatic rings. The lowest BCUT2D eigenvalue weighted by Gasteiger charge is -2.15. The van der Waals surface area contributed by atoms with Gasteiger partial charge in [-0.3, -0.25) is 14.8 Å². The Morgan fingerprint density at radius 3 is 2.35 bits per heavy atom. The summed E-state index contributed by atoms with van der Waals surface area (Å²) in [6.45, 7) is 1.75. The van der Waals surface area contributed by atoms with E-state index in [1.54, 1.807) is 54.4 Å². The Balaban J connectivity index is 1.54. The van der Waals surface area contributed by atoms with E-state index < -0.39 is 23.7 Å². The lowest BCUT2D eigenvalue weighted by molar-refractivity contribution is -0.137. The van der Waals surface area contributed by atoms with Gasteiger partial charge in [0.25, 0.3) is 11.8 Å². The molecule has 0 aliphatic carbocycles. The van der Waals surface area contributed by atoms with Crippen molar-refractivity contribution in [2.45, 2.75) is 19.1 Å². The van der Waals surface area contributed by atoms with Crippen LogP contribution in [-0.2, 0) is 13.2 Å². The third-order valence-corrected chi connectivity index (χ3v) is 5.56. The number of alkyl halides is 3. The van der Waals surface area contributed by atoms with Crippen LogP contribution in [0.2, 0.25) is 0 Å². The van der Waals surface area contributed by atoms with E-state index >= 15 is 0 Å². The Kier molecular flexibility index (Phi) is 5.92. The number of nitrogens with zero attached hydrogens (tertiary/aromatic N) is 1. The fourth-order valence-corrected chi connectivity index (χ4v) is 3.66. The maximum atomic E-state index is 12.9. The van der Waals surface area contributed by atoms with Gasteiger partial charge < -0.3 is 14.3 Å². The molecule has 10 heteroatoms. The largest absolute Gasteiger partial charge is 0.454 e. The number of hydroxylamine groups is 1. The molecule has 0 bridgehead atoms. The molecule has 7 nitrogen and oxygen atoms in total. The number of carbonyl (C=O) groups is 2. The molecular weight excluding hydrogens is 451 g/mol. The van der Waals surface area contributed by atoms with Crippen molar-refractivity contribution in [1.82, 2.24) is 15.4 Å². The Labute approximate surface area is 191 Å². The Morgan fingerprint density at radius 2 is 1.74 bits per heavy atom. The van der Waals surface area contributed by atoms with E-state index in [2.05, 4.69) is 5.32 Å². The Bertz CT molecular complexity index is 1370. The van der Waals surface area contributed by atoms with Gasteiger partial charge in [0.05, 0.1) is 17.1 Å². The van der Waals surface area contributed by atoms with E-state index in [9.17, 15) is 22.8 Å². The Hall–Kier alpha value is -4.05. The zero-order chi connectivity index (χ0) is 24.6. The molecule has 0 radical (unpaired) electrons. The molecule has 0 saturated heterocycles. The summed E-state index contributed by atoms with van der Waals surface area (Å²) in [6.07, 6.45) is -4.42. The predicted molar refractivity (Wildman–Crippen MR) is 117 cm³/mol. The van der Waals surface area contributed by atoms with Gasteiger partial charge >= 0.3 is 6.18 Å². The van der Waals surface area contributed by atoms with E-state index in [1.807, 2.05) is 0 Å². The van der Waals surface area contributed by atoms with Gasteiger partial charge in [-0.2, -0.15) is 13.2 Å². The second kappa shape index (κ2) is 8.71. The monoisotopic (exact) mass is 471 g/mol. The fraction of sp³-hybridized carbons (Fsp3) is 0.167. The second-order valence-corrected chi connectivity index (χ2v) is 7.79. The molecule has 0 aliphatic heterocycles. The normalized spacial score (nSPS) is 12.5. The van der Waals surface area contributed by atoms with Crippen LogP contribution in [0, 0.1) is 0 Å². The molecule has 34 heavy (non-hydrogen) atoms. The average molecular weight is 471 g/mol. The molecule has 2 heterocycles. The first-order chi connectivity index (χ1) is 16.1. The standard InChI is InChI=1S/C24H20F3N3O4/c1-13(15-4-3-5-16(10-15)22(31)29-33)28-23(32)19-12-21-18(30(19)2)11-20(34-21)14-6-8-17(9-7-14)24(25,26)27/h3-13,33H,1-2H3,(H,28,32)(H,29,31). The highest BCUT2D eigenvalue weighted by Gasteiger charge is 2.30. The number of benzene rings is 2. The van der Waals surface area contributed by atoms with Crippen molar-refractivity contribution < 1.29 is 32.4 Å². The smallest absolute Gasteiger partial charge is 0.416 e. The van der Waals surface area contributed by atoms with Gasteiger partial charge in [-0.15, -0.1) is 0 Å². The number of amides is 2. The van der Waals surface area contributed by atoms with Crippen LogP contribution >= 0.6 is 0 Å². The summed E-state index contributed by atoms with van der Waals surface area (Å²) in [7, 11) is 1.68. The van der Waals surface area contributed by atoms with Gasteiger partial charge in [-0.05, 0) is 36.8 Å². The van der Waals surface area contributed by atoms with Crippen molar-refractivity contribution in [2.24, 2.45) is 7.05 Å². The summed E-state index contributed by atoms with van der Waals surface area (Å²) in [5.74, 6) is -0.657. The molecule has 2 amide bonds. The van der Waals surface area contributed by atoms with Gasteiger partial charge in [0, 0.05) is 30.3 Å². The zero-order valence-corrected chi connectivity index (χ0v) is 18.1. The minimum atomic E-state index is -4.42. The van der Waals surface area contributed by atoms with Crippen LogP contribution in [0.15, 0.2) is 65.1 Å². The van der Waals surface area contributed by atoms with Crippen molar-refractivity contribution in [3.05, 3.63) is 83.0 Å². The second-order valence-electron chi connectivity index (χ2n) is 7.79. The summed E-state index contributed by atoms with van der Waals surface area (Å²) in [5.41, 5.74) is 3.55. The van der Waals surface area contributed by atoms with Crippen molar-refractivity contribution >= 4 is 22.9 Å². The maximum Gasteiger partial charge on any atom is 0.416 e. The predicted octanol–water partition coefficient (Wildman–Crippen LogP) is 5.07. The van der Waals surface area contributed by atoms with E-state index in [1.165, 1.54) is 18.2 Å². The van der Waals surface area contributed by atoms with Crippen molar-refractivity contribution in [3.8, 4) is 11.3 Å². The molecule has 0 fully saturated rings. The number of aromatic nitrogens is 1. The van der Waals surface area contributed by atoms with Crippen molar-refractivity contribution in [2.75, 3.05) is 0 Å². The first-order valence-corrected chi connectivity index (χ1v) is 10.2. The number of hydrogen-bond acceptors (Lipinski definition) is 4. The third-order valence-electron chi connectivity index (χ3n) is 5.56. The van der Waals surface area contributed by atoms with Crippen molar-refractivity contribution in [3.63, 3.8) is 0 Å². The number of halogens is 3. The summed E-state index contributed by atoms with van der Waals surface area (Å²) < 4.78 is 45.8. The highest BCUT2D eigenvalue weighted by atomic mass is 19.4. The summed E-state index contributed by atoms with van der Waals surface area (Å²) in [6, 6.07) is 13.9. The molecule has 4 rings (SSSR count). The fourth-order valence-electron chi connectivity index (χ4n) is 3.66. The van der Waals surface area contributed by atoms with Crippen LogP contribution in [0.25, 0.3) is 22.4 Å². The van der Waals surface area contributed by atoms with Gasteiger partial charge in [-0.1, -0.05) is 24.3 Å². The summed E-state index contributed by atoms with van der Waals surface area (Å²) in [4.78, 5) is 24.5. The quantitative estimate of drug-likeness (QED) is 0.280. The lowest BCUT2D eigenvalue weighted by Crippen LogP contribution is -2.28. The van der Waals surface area contributed by atoms with Crippen LogP contribution in [-0.4, -0.2) is 21.6 Å². The highest BCUT2D eigenvalue weighted by molar-refractivity contribution is 5.98. The molecule has 1 atom stereocenters. The van der Waals surface area contributed by atoms with Gasteiger partial charge in [0.1, 0.15) is 11.5 Å². The number of furan rings is 1. The minimum absolute atomic E-state index is 0.244. The molecule has 1 unspecified atom stereocenters. The average Bonchev–Trinajstić information content (AvgIpc) is 3.37. The number of hydrogen-bond donors (Lipinski definition) is 3. The highest BCUT2D eigenvalue weighted by Crippen LogP contribution is 2.33. The summed E-state index contributed by atoms with van der Waals surface area (Å²) >= 11 is 0. The first kappa shape index (κ1) is 23.1. The van der Waals surface area contributed by atoms with Crippen LogP contribution in [0.5, 0.6) is 0 Å². The molecular formula is C24H20F3N3O4. The molecule has 176 valence electrons. The van der Waals surface area contributed by atoms with E-state index in [0.29, 0.717) is 33.7 Å². The Morgan fingerprint density at radius 1 is 1.03 bits per heavy atom. The number of rotatable bonds is 5. The van der Waals surface area contributed by atoms with Gasteiger partial charge in [0.2, 0.25) is 0 Å².